The van der Waals surface area contributed by atoms with Crippen LogP contribution < -0.4 is 9.62 Å². The Balaban J connectivity index is 2.31. The predicted octanol–water partition coefficient (Wildman–Crippen LogP) is 2.38. The minimum absolute atomic E-state index is 0.0382. The van der Waals surface area contributed by atoms with Crippen molar-refractivity contribution in [1.82, 2.24) is 0 Å². The fourth-order valence-corrected chi connectivity index (χ4v) is 3.57. The van der Waals surface area contributed by atoms with Gasteiger partial charge in [0.15, 0.2) is 0 Å². The first kappa shape index (κ1) is 15.8. The van der Waals surface area contributed by atoms with Gasteiger partial charge in [-0.2, -0.15) is 0 Å². The number of hydrogen-bond acceptors (Lipinski definition) is 3. The molecule has 0 saturated heterocycles. The van der Waals surface area contributed by atoms with Crippen LogP contribution in [-0.4, -0.2) is 26.6 Å². The van der Waals surface area contributed by atoms with Crippen LogP contribution >= 0.6 is 0 Å². The summed E-state index contributed by atoms with van der Waals surface area (Å²) in [5, 5.41) is 2.85. The van der Waals surface area contributed by atoms with Gasteiger partial charge in [-0.05, 0) is 43.5 Å². The summed E-state index contributed by atoms with van der Waals surface area (Å²) in [6.45, 7) is 5.86. The largest absolute Gasteiger partial charge is 0.326 e. The van der Waals surface area contributed by atoms with Crippen LogP contribution in [0.3, 0.4) is 0 Å². The van der Waals surface area contributed by atoms with Gasteiger partial charge in [-0.3, -0.25) is 9.10 Å². The zero-order valence-electron chi connectivity index (χ0n) is 12.7. The Bertz CT molecular complexity index is 638. The summed E-state index contributed by atoms with van der Waals surface area (Å²) in [7, 11) is -3.24. The van der Waals surface area contributed by atoms with Crippen molar-refractivity contribution in [3.63, 3.8) is 0 Å². The van der Waals surface area contributed by atoms with E-state index in [1.807, 2.05) is 19.9 Å². The minimum atomic E-state index is -3.24. The SMILES string of the molecule is CCS(=O)(=O)N1CCCc2cc(NC(=O)C(C)C)ccc21. The van der Waals surface area contributed by atoms with Gasteiger partial charge in [0.2, 0.25) is 15.9 Å². The summed E-state index contributed by atoms with van der Waals surface area (Å²) in [5.41, 5.74) is 2.44. The van der Waals surface area contributed by atoms with Gasteiger partial charge in [-0.1, -0.05) is 13.8 Å². The lowest BCUT2D eigenvalue weighted by Gasteiger charge is -2.30. The normalized spacial score (nSPS) is 15.0. The topological polar surface area (TPSA) is 66.5 Å². The molecule has 1 aromatic rings. The quantitative estimate of drug-likeness (QED) is 0.928. The molecule has 2 rings (SSSR count). The number of rotatable bonds is 4. The number of carbonyl (C=O) groups excluding carboxylic acids is 1. The zero-order chi connectivity index (χ0) is 15.6. The molecule has 5 nitrogen and oxygen atoms in total. The number of nitrogens with zero attached hydrogens (tertiary/aromatic N) is 1. The summed E-state index contributed by atoms with van der Waals surface area (Å²) in [4.78, 5) is 11.7. The number of anilines is 2. The molecule has 1 heterocycles. The molecule has 0 aliphatic carbocycles. The van der Waals surface area contributed by atoms with Gasteiger partial charge < -0.3 is 5.32 Å². The van der Waals surface area contributed by atoms with Crippen LogP contribution in [0, 0.1) is 5.92 Å². The van der Waals surface area contributed by atoms with Crippen LogP contribution in [0.2, 0.25) is 0 Å². The number of fused-ring (bicyclic) bond motifs is 1. The molecule has 1 N–H and O–H groups in total. The highest BCUT2D eigenvalue weighted by Gasteiger charge is 2.26. The molecule has 0 spiro atoms. The smallest absolute Gasteiger partial charge is 0.234 e. The second-order valence-electron chi connectivity index (χ2n) is 5.56. The highest BCUT2D eigenvalue weighted by atomic mass is 32.2. The number of carbonyl (C=O) groups is 1. The van der Waals surface area contributed by atoms with E-state index in [0.717, 1.165) is 29.8 Å². The third-order valence-corrected chi connectivity index (χ3v) is 5.43. The number of sulfonamides is 1. The summed E-state index contributed by atoms with van der Waals surface area (Å²) >= 11 is 0. The Hall–Kier alpha value is -1.56. The standard InChI is InChI=1S/C15H22N2O3S/c1-4-21(19,20)17-9-5-6-12-10-13(7-8-14(12)17)16-15(18)11(2)3/h7-8,10-11H,4-6,9H2,1-3H3,(H,16,18). The molecule has 6 heteroatoms. The van der Waals surface area contributed by atoms with E-state index in [1.165, 1.54) is 4.31 Å². The first-order valence-electron chi connectivity index (χ1n) is 7.29. The first-order valence-corrected chi connectivity index (χ1v) is 8.90. The fraction of sp³-hybridized carbons (Fsp3) is 0.533. The van der Waals surface area contributed by atoms with Gasteiger partial charge in [0, 0.05) is 18.2 Å². The molecular weight excluding hydrogens is 288 g/mol. The van der Waals surface area contributed by atoms with Crippen molar-refractivity contribution < 1.29 is 13.2 Å². The Morgan fingerprint density at radius 2 is 2.10 bits per heavy atom. The van der Waals surface area contributed by atoms with E-state index in [9.17, 15) is 13.2 Å². The second kappa shape index (κ2) is 6.05. The van der Waals surface area contributed by atoms with Crippen LogP contribution in [-0.2, 0) is 21.2 Å². The maximum atomic E-state index is 12.1. The van der Waals surface area contributed by atoms with Crippen LogP contribution in [0.4, 0.5) is 11.4 Å². The average Bonchev–Trinajstić information content (AvgIpc) is 2.46. The van der Waals surface area contributed by atoms with Crippen LogP contribution in [0.25, 0.3) is 0 Å². The van der Waals surface area contributed by atoms with E-state index in [0.29, 0.717) is 6.54 Å². The molecule has 0 unspecified atom stereocenters. The summed E-state index contributed by atoms with van der Waals surface area (Å²) in [6.07, 6.45) is 1.63. The lowest BCUT2D eigenvalue weighted by atomic mass is 10.0. The molecule has 0 radical (unpaired) electrons. The van der Waals surface area contributed by atoms with Gasteiger partial charge in [0.05, 0.1) is 11.4 Å². The van der Waals surface area contributed by atoms with Gasteiger partial charge in [-0.15, -0.1) is 0 Å². The Kier molecular flexibility index (Phi) is 4.56. The number of amides is 1. The molecule has 21 heavy (non-hydrogen) atoms. The Labute approximate surface area is 126 Å². The third-order valence-electron chi connectivity index (χ3n) is 3.65. The summed E-state index contributed by atoms with van der Waals surface area (Å²) < 4.78 is 25.7. The van der Waals surface area contributed by atoms with Crippen LogP contribution in [0.5, 0.6) is 0 Å². The van der Waals surface area contributed by atoms with E-state index < -0.39 is 10.0 Å². The maximum Gasteiger partial charge on any atom is 0.234 e. The van der Waals surface area contributed by atoms with E-state index in [4.69, 9.17) is 0 Å². The van der Waals surface area contributed by atoms with Gasteiger partial charge >= 0.3 is 0 Å². The molecule has 0 aromatic heterocycles. The third kappa shape index (κ3) is 3.37. The van der Waals surface area contributed by atoms with E-state index >= 15 is 0 Å². The fourth-order valence-electron chi connectivity index (χ4n) is 2.37. The average molecular weight is 310 g/mol. The van der Waals surface area contributed by atoms with Crippen molar-refractivity contribution >= 4 is 27.3 Å². The van der Waals surface area contributed by atoms with Crippen molar-refractivity contribution in [1.29, 1.82) is 0 Å². The highest BCUT2D eigenvalue weighted by Crippen LogP contribution is 2.31. The van der Waals surface area contributed by atoms with Crippen LogP contribution in [0.15, 0.2) is 18.2 Å². The van der Waals surface area contributed by atoms with Gasteiger partial charge in [-0.25, -0.2) is 8.42 Å². The molecule has 0 fully saturated rings. The minimum Gasteiger partial charge on any atom is -0.326 e. The van der Waals surface area contributed by atoms with Crippen molar-refractivity contribution in [2.24, 2.45) is 5.92 Å². The van der Waals surface area contributed by atoms with Gasteiger partial charge in [0.25, 0.3) is 0 Å². The van der Waals surface area contributed by atoms with E-state index in [2.05, 4.69) is 5.32 Å². The molecule has 116 valence electrons. The van der Waals surface area contributed by atoms with Crippen LogP contribution in [0.1, 0.15) is 32.8 Å². The second-order valence-corrected chi connectivity index (χ2v) is 7.75. The molecule has 1 amide bonds. The maximum absolute atomic E-state index is 12.1. The van der Waals surface area contributed by atoms with E-state index in [-0.39, 0.29) is 17.6 Å². The predicted molar refractivity (Wildman–Crippen MR) is 85.0 cm³/mol. The highest BCUT2D eigenvalue weighted by molar-refractivity contribution is 7.92. The molecular formula is C15H22N2O3S. The van der Waals surface area contributed by atoms with Crippen molar-refractivity contribution in [3.05, 3.63) is 23.8 Å². The van der Waals surface area contributed by atoms with Gasteiger partial charge in [0.1, 0.15) is 0 Å². The first-order chi connectivity index (χ1) is 9.85. The Morgan fingerprint density at radius 3 is 2.71 bits per heavy atom. The van der Waals surface area contributed by atoms with Crippen molar-refractivity contribution in [2.75, 3.05) is 21.9 Å². The molecule has 1 aliphatic rings. The van der Waals surface area contributed by atoms with Crippen molar-refractivity contribution in [2.45, 2.75) is 33.6 Å². The number of nitrogens with one attached hydrogen (secondary N) is 1. The zero-order valence-corrected chi connectivity index (χ0v) is 13.5. The summed E-state index contributed by atoms with van der Waals surface area (Å²) in [5.74, 6) is -0.0278. The molecule has 0 bridgehead atoms. The summed E-state index contributed by atoms with van der Waals surface area (Å²) in [6, 6.07) is 5.44. The Morgan fingerprint density at radius 1 is 1.38 bits per heavy atom. The van der Waals surface area contributed by atoms with E-state index in [1.54, 1.807) is 19.1 Å². The monoisotopic (exact) mass is 310 g/mol. The van der Waals surface area contributed by atoms with Crippen molar-refractivity contribution in [3.8, 4) is 0 Å². The molecule has 1 aliphatic heterocycles. The lowest BCUT2D eigenvalue weighted by Crippen LogP contribution is -2.36. The molecule has 0 atom stereocenters. The number of benzene rings is 1. The molecule has 1 aromatic carbocycles. The number of aryl methyl sites for hydroxylation is 1. The molecule has 0 saturated carbocycles. The lowest BCUT2D eigenvalue weighted by molar-refractivity contribution is -0.118. The number of hydrogen-bond donors (Lipinski definition) is 1.